The number of aromatic nitrogens is 1. The number of ether oxygens (including phenoxy) is 1. The van der Waals surface area contributed by atoms with Crippen LogP contribution in [0.2, 0.25) is 0 Å². The van der Waals surface area contributed by atoms with Crippen molar-refractivity contribution in [3.8, 4) is 0 Å². The van der Waals surface area contributed by atoms with E-state index in [1.807, 2.05) is 36.4 Å². The number of primary amides is 1. The molecule has 8 heteroatoms. The van der Waals surface area contributed by atoms with E-state index in [0.29, 0.717) is 17.8 Å². The summed E-state index contributed by atoms with van der Waals surface area (Å²) in [7, 11) is 0. The van der Waals surface area contributed by atoms with Gasteiger partial charge in [-0.25, -0.2) is 4.98 Å². The number of carbonyl (C=O) groups is 2. The Labute approximate surface area is 186 Å². The van der Waals surface area contributed by atoms with Gasteiger partial charge in [0.1, 0.15) is 5.82 Å². The van der Waals surface area contributed by atoms with Crippen molar-refractivity contribution >= 4 is 35.1 Å². The Bertz CT molecular complexity index is 915. The van der Waals surface area contributed by atoms with Crippen LogP contribution in [0.3, 0.4) is 0 Å². The number of piperidine rings is 1. The summed E-state index contributed by atoms with van der Waals surface area (Å²) in [4.78, 5) is 31.9. The number of carbonyl (C=O) groups excluding carboxylic acids is 2. The van der Waals surface area contributed by atoms with Crippen LogP contribution in [0.5, 0.6) is 0 Å². The highest BCUT2D eigenvalue weighted by Crippen LogP contribution is 2.28. The molecule has 2 fully saturated rings. The van der Waals surface area contributed by atoms with Crippen molar-refractivity contribution in [3.63, 3.8) is 0 Å². The van der Waals surface area contributed by atoms with Crippen LogP contribution in [0, 0.1) is 5.92 Å². The lowest BCUT2D eigenvalue weighted by atomic mass is 9.97. The van der Waals surface area contributed by atoms with Crippen LogP contribution in [0.4, 0.5) is 11.5 Å². The first kappa shape index (κ1) is 21.6. The first-order valence-corrected chi connectivity index (χ1v) is 11.7. The molecule has 0 radical (unpaired) electrons. The maximum Gasteiger partial charge on any atom is 0.256 e. The average Bonchev–Trinajstić information content (AvgIpc) is 3.32. The molecule has 2 amide bonds. The Morgan fingerprint density at radius 3 is 2.81 bits per heavy atom. The second-order valence-electron chi connectivity index (χ2n) is 7.99. The highest BCUT2D eigenvalue weighted by atomic mass is 32.2. The van der Waals surface area contributed by atoms with E-state index in [1.165, 1.54) is 0 Å². The third kappa shape index (κ3) is 5.57. The number of pyridine rings is 1. The van der Waals surface area contributed by atoms with Crippen LogP contribution in [0.25, 0.3) is 0 Å². The number of rotatable bonds is 7. The van der Waals surface area contributed by atoms with Gasteiger partial charge in [-0.05, 0) is 49.9 Å². The van der Waals surface area contributed by atoms with Gasteiger partial charge in [-0.1, -0.05) is 12.1 Å². The number of nitrogens with zero attached hydrogens (tertiary/aromatic N) is 2. The lowest BCUT2D eigenvalue weighted by molar-refractivity contribution is -0.122. The van der Waals surface area contributed by atoms with E-state index in [-0.39, 0.29) is 23.8 Å². The van der Waals surface area contributed by atoms with Crippen molar-refractivity contribution in [2.45, 2.75) is 36.7 Å². The van der Waals surface area contributed by atoms with E-state index in [2.05, 4.69) is 15.2 Å². The van der Waals surface area contributed by atoms with Crippen LogP contribution < -0.4 is 16.0 Å². The zero-order valence-corrected chi connectivity index (χ0v) is 18.3. The fourth-order valence-corrected chi connectivity index (χ4v) is 5.12. The van der Waals surface area contributed by atoms with Gasteiger partial charge in [0.2, 0.25) is 5.91 Å². The molecule has 1 aromatic heterocycles. The molecule has 0 bridgehead atoms. The topological polar surface area (TPSA) is 97.6 Å². The third-order valence-electron chi connectivity index (χ3n) is 5.73. The van der Waals surface area contributed by atoms with Crippen LogP contribution >= 0.6 is 11.8 Å². The van der Waals surface area contributed by atoms with E-state index >= 15 is 0 Å². The largest absolute Gasteiger partial charge is 0.377 e. The van der Waals surface area contributed by atoms with Crippen LogP contribution in [-0.4, -0.2) is 48.4 Å². The van der Waals surface area contributed by atoms with E-state index < -0.39 is 0 Å². The monoisotopic (exact) mass is 440 g/mol. The highest BCUT2D eigenvalue weighted by Gasteiger charge is 2.25. The van der Waals surface area contributed by atoms with Crippen molar-refractivity contribution in [2.24, 2.45) is 11.7 Å². The molecular weight excluding hydrogens is 412 g/mol. The summed E-state index contributed by atoms with van der Waals surface area (Å²) in [6, 6.07) is 11.3. The number of anilines is 2. The molecule has 3 N–H and O–H groups in total. The molecule has 2 unspecified atom stereocenters. The summed E-state index contributed by atoms with van der Waals surface area (Å²) in [5, 5.41) is 2.95. The van der Waals surface area contributed by atoms with Crippen molar-refractivity contribution in [1.29, 1.82) is 0 Å². The van der Waals surface area contributed by atoms with Crippen molar-refractivity contribution in [1.82, 2.24) is 4.98 Å². The summed E-state index contributed by atoms with van der Waals surface area (Å²) in [6.07, 6.45) is 5.84. The Morgan fingerprint density at radius 1 is 1.19 bits per heavy atom. The third-order valence-corrected chi connectivity index (χ3v) is 6.94. The van der Waals surface area contributed by atoms with Gasteiger partial charge in [-0.3, -0.25) is 9.59 Å². The number of hydrogen-bond donors (Lipinski definition) is 2. The average molecular weight is 441 g/mol. The molecule has 4 rings (SSSR count). The Morgan fingerprint density at radius 2 is 2.06 bits per heavy atom. The molecular formula is C23H28N4O3S. The van der Waals surface area contributed by atoms with E-state index in [1.54, 1.807) is 18.0 Å². The summed E-state index contributed by atoms with van der Waals surface area (Å²) < 4.78 is 5.69. The van der Waals surface area contributed by atoms with Crippen LogP contribution in [-0.2, 0) is 9.53 Å². The lowest BCUT2D eigenvalue weighted by Crippen LogP contribution is -2.41. The number of thioether (sulfide) groups is 1. The maximum absolute atomic E-state index is 12.9. The summed E-state index contributed by atoms with van der Waals surface area (Å²) in [5.41, 5.74) is 6.75. The van der Waals surface area contributed by atoms with E-state index in [4.69, 9.17) is 10.5 Å². The Kier molecular flexibility index (Phi) is 7.09. The standard InChI is InChI=1S/C23H28N4O3S/c24-22(28)16-5-3-11-27(14-16)21-10-9-17(13-25-21)26-23(29)19-7-1-2-8-20(19)31-15-18-6-4-12-30-18/h1-2,7-10,13,16,18H,3-6,11-12,14-15H2,(H2,24,28)(H,26,29). The summed E-state index contributed by atoms with van der Waals surface area (Å²) >= 11 is 1.66. The van der Waals surface area contributed by atoms with Gasteiger partial charge < -0.3 is 20.7 Å². The highest BCUT2D eigenvalue weighted by molar-refractivity contribution is 7.99. The molecule has 2 atom stereocenters. The molecule has 2 saturated heterocycles. The van der Waals surface area contributed by atoms with Gasteiger partial charge >= 0.3 is 0 Å². The maximum atomic E-state index is 12.9. The van der Waals surface area contributed by atoms with Gasteiger partial charge in [0.05, 0.1) is 29.5 Å². The summed E-state index contributed by atoms with van der Waals surface area (Å²) in [5.74, 6) is 1.08. The zero-order chi connectivity index (χ0) is 21.6. The van der Waals surface area contributed by atoms with Gasteiger partial charge in [-0.2, -0.15) is 0 Å². The smallest absolute Gasteiger partial charge is 0.256 e. The van der Waals surface area contributed by atoms with Gasteiger partial charge in [0.15, 0.2) is 0 Å². The van der Waals surface area contributed by atoms with Gasteiger partial charge in [-0.15, -0.1) is 11.8 Å². The fourth-order valence-electron chi connectivity index (χ4n) is 4.00. The molecule has 31 heavy (non-hydrogen) atoms. The molecule has 2 aliphatic rings. The molecule has 0 aliphatic carbocycles. The van der Waals surface area contributed by atoms with Crippen molar-refractivity contribution in [2.75, 3.05) is 35.7 Å². The second-order valence-corrected chi connectivity index (χ2v) is 9.05. The van der Waals surface area contributed by atoms with Gasteiger partial charge in [0.25, 0.3) is 5.91 Å². The fraction of sp³-hybridized carbons (Fsp3) is 0.435. The molecule has 3 heterocycles. The van der Waals surface area contributed by atoms with Crippen LogP contribution in [0.15, 0.2) is 47.5 Å². The predicted molar refractivity (Wildman–Crippen MR) is 122 cm³/mol. The first-order valence-electron chi connectivity index (χ1n) is 10.8. The molecule has 0 spiro atoms. The van der Waals surface area contributed by atoms with Crippen molar-refractivity contribution in [3.05, 3.63) is 48.2 Å². The van der Waals surface area contributed by atoms with E-state index in [0.717, 1.165) is 55.3 Å². The first-order chi connectivity index (χ1) is 15.1. The molecule has 0 saturated carbocycles. The molecule has 2 aromatic rings. The molecule has 2 aliphatic heterocycles. The minimum atomic E-state index is -0.260. The quantitative estimate of drug-likeness (QED) is 0.641. The number of hydrogen-bond acceptors (Lipinski definition) is 6. The number of amides is 2. The summed E-state index contributed by atoms with van der Waals surface area (Å²) in [6.45, 7) is 2.26. The lowest BCUT2D eigenvalue weighted by Gasteiger charge is -2.32. The minimum Gasteiger partial charge on any atom is -0.377 e. The number of benzene rings is 1. The molecule has 1 aromatic carbocycles. The Hall–Kier alpha value is -2.58. The SMILES string of the molecule is NC(=O)C1CCCN(c2ccc(NC(=O)c3ccccc3SCC3CCCO3)cn2)C1. The number of nitrogens with two attached hydrogens (primary N) is 1. The number of nitrogens with one attached hydrogen (secondary N) is 1. The van der Waals surface area contributed by atoms with Gasteiger partial charge in [0, 0.05) is 30.3 Å². The Balaban J connectivity index is 1.38. The zero-order valence-electron chi connectivity index (χ0n) is 17.5. The predicted octanol–water partition coefficient (Wildman–Crippen LogP) is 3.31. The van der Waals surface area contributed by atoms with E-state index in [9.17, 15) is 9.59 Å². The molecule has 164 valence electrons. The minimum absolute atomic E-state index is 0.140. The normalized spacial score (nSPS) is 21.1. The van der Waals surface area contributed by atoms with Crippen LogP contribution in [0.1, 0.15) is 36.0 Å². The molecule has 7 nitrogen and oxygen atoms in total. The second kappa shape index (κ2) is 10.2. The van der Waals surface area contributed by atoms with Crippen molar-refractivity contribution < 1.29 is 14.3 Å².